The molecule has 0 spiro atoms. The Morgan fingerprint density at radius 3 is 2.43 bits per heavy atom. The lowest BCUT2D eigenvalue weighted by molar-refractivity contribution is -0.116. The van der Waals surface area contributed by atoms with Gasteiger partial charge in [-0.3, -0.25) is 19.2 Å². The van der Waals surface area contributed by atoms with Crippen molar-refractivity contribution in [2.75, 3.05) is 21.2 Å². The number of methoxy groups -OCH3 is 1. The predicted molar refractivity (Wildman–Crippen MR) is 206 cm³/mol. The first-order valence-electron chi connectivity index (χ1n) is 18.0. The van der Waals surface area contributed by atoms with Crippen LogP contribution in [0.1, 0.15) is 107 Å². The largest absolute Gasteiger partial charge is 0.497 e. The molecule has 0 aliphatic carbocycles. The Balaban J connectivity index is 1.64. The van der Waals surface area contributed by atoms with Crippen LogP contribution in [-0.2, 0) is 16.1 Å². The van der Waals surface area contributed by atoms with Crippen LogP contribution in [0, 0.1) is 0 Å². The third-order valence-corrected chi connectivity index (χ3v) is 10.0. The molecule has 274 valence electrons. The van der Waals surface area contributed by atoms with E-state index >= 15 is 0 Å². The molecule has 1 fully saturated rings. The summed E-state index contributed by atoms with van der Waals surface area (Å²) in [6.07, 6.45) is 8.70. The summed E-state index contributed by atoms with van der Waals surface area (Å²) in [5.74, 6) is 0.527. The van der Waals surface area contributed by atoms with E-state index in [9.17, 15) is 14.4 Å². The van der Waals surface area contributed by atoms with E-state index in [0.717, 1.165) is 59.8 Å². The van der Waals surface area contributed by atoms with Gasteiger partial charge in [0, 0.05) is 57.7 Å². The molecule has 51 heavy (non-hydrogen) atoms. The lowest BCUT2D eigenvalue weighted by Gasteiger charge is -2.27. The quantitative estimate of drug-likeness (QED) is 0.192. The van der Waals surface area contributed by atoms with Gasteiger partial charge in [0.25, 0.3) is 11.8 Å². The van der Waals surface area contributed by atoms with Crippen LogP contribution < -0.4 is 14.8 Å². The minimum atomic E-state index is -0.636. The lowest BCUT2D eigenvalue weighted by Crippen LogP contribution is -2.38. The van der Waals surface area contributed by atoms with E-state index in [1.54, 1.807) is 18.2 Å². The number of ether oxygens (including phenoxy) is 2. The van der Waals surface area contributed by atoms with E-state index in [-0.39, 0.29) is 24.4 Å². The van der Waals surface area contributed by atoms with Crippen molar-refractivity contribution >= 4 is 47.0 Å². The lowest BCUT2D eigenvalue weighted by atomic mass is 9.86. The molecule has 0 radical (unpaired) electrons. The highest BCUT2D eigenvalue weighted by atomic mass is 32.2. The fourth-order valence-corrected chi connectivity index (χ4v) is 7.52. The van der Waals surface area contributed by atoms with Crippen LogP contribution in [0.5, 0.6) is 5.75 Å². The highest BCUT2D eigenvalue weighted by Gasteiger charge is 2.34. The summed E-state index contributed by atoms with van der Waals surface area (Å²) in [7, 11) is 5.39. The topological polar surface area (TPSA) is 105 Å². The smallest absolute Gasteiger partial charge is 0.414 e. The number of nitrogens with zero attached hydrogens (tertiary/aromatic N) is 3. The average Bonchev–Trinajstić information content (AvgIpc) is 3.55. The summed E-state index contributed by atoms with van der Waals surface area (Å²) in [6, 6.07) is 11.9. The summed E-state index contributed by atoms with van der Waals surface area (Å²) >= 11 is 1.23. The van der Waals surface area contributed by atoms with Crippen LogP contribution in [0.15, 0.2) is 53.9 Å². The molecule has 5 rings (SSSR count). The number of likely N-dealkylation sites (tertiary alicyclic amines) is 1. The van der Waals surface area contributed by atoms with E-state index in [1.165, 1.54) is 17.7 Å². The highest BCUT2D eigenvalue weighted by Crippen LogP contribution is 2.46. The van der Waals surface area contributed by atoms with Gasteiger partial charge in [-0.2, -0.15) is 0 Å². The van der Waals surface area contributed by atoms with Crippen molar-refractivity contribution in [1.82, 2.24) is 23.8 Å². The van der Waals surface area contributed by atoms with Gasteiger partial charge in [-0.05, 0) is 121 Å². The fraction of sp³-hybridized carbons (Fsp3) is 0.475. The van der Waals surface area contributed by atoms with Crippen LogP contribution in [0.25, 0.3) is 28.2 Å². The van der Waals surface area contributed by atoms with Crippen molar-refractivity contribution in [2.24, 2.45) is 0 Å². The standard InChI is InChI=1S/C40H53N5O5S/c1-10-12-26(13-11-2)35-33-18-15-27(38(47)42-51-43(7)8)22-34(33)44-24-29(20-28-21-31(49-9)17-19-32(28)36(35)44)37(46)41-23-30-16-14-25(3)45(30)39(48)50-40(4,5)6/h15,17-23,25-26H,10-14,16,24H2,1-9H3,(H,41,46)(H,42,47)/b30-23+. The second-order valence-electron chi connectivity index (χ2n) is 14.7. The molecule has 3 amide bonds. The second-order valence-corrected chi connectivity index (χ2v) is 15.8. The van der Waals surface area contributed by atoms with Gasteiger partial charge in [0.15, 0.2) is 0 Å². The van der Waals surface area contributed by atoms with Gasteiger partial charge in [0.05, 0.1) is 19.3 Å². The molecule has 1 unspecified atom stereocenters. The maximum atomic E-state index is 14.2. The zero-order chi connectivity index (χ0) is 37.0. The Morgan fingerprint density at radius 2 is 1.78 bits per heavy atom. The van der Waals surface area contributed by atoms with Crippen molar-refractivity contribution in [3.63, 3.8) is 0 Å². The predicted octanol–water partition coefficient (Wildman–Crippen LogP) is 8.63. The SMILES string of the molecule is CCCC(CCC)c1c2n(c3cc(C(=O)NSN(C)C)ccc13)CC(C(=O)N/C=C1\CCC(C)N1C(=O)OC(C)(C)C)=Cc1cc(OC)ccc1-2. The maximum Gasteiger partial charge on any atom is 0.414 e. The number of carbonyl (C=O) groups is 3. The Labute approximate surface area is 306 Å². The first-order chi connectivity index (χ1) is 24.3. The number of carbonyl (C=O) groups excluding carboxylic acids is 3. The zero-order valence-corrected chi connectivity index (χ0v) is 32.3. The van der Waals surface area contributed by atoms with Gasteiger partial charge in [-0.15, -0.1) is 0 Å². The first-order valence-corrected chi connectivity index (χ1v) is 18.7. The highest BCUT2D eigenvalue weighted by molar-refractivity contribution is 7.95. The van der Waals surface area contributed by atoms with Gasteiger partial charge in [0.1, 0.15) is 11.4 Å². The van der Waals surface area contributed by atoms with Crippen molar-refractivity contribution < 1.29 is 23.9 Å². The number of aromatic nitrogens is 1. The number of benzene rings is 2. The minimum absolute atomic E-state index is 0.0478. The second kappa shape index (κ2) is 16.0. The number of hydrogen-bond acceptors (Lipinski definition) is 7. The number of fused-ring (bicyclic) bond motifs is 5. The normalized spacial score (nSPS) is 16.6. The van der Waals surface area contributed by atoms with E-state index in [2.05, 4.69) is 40.6 Å². The molecule has 3 aromatic rings. The molecule has 2 aromatic carbocycles. The van der Waals surface area contributed by atoms with Gasteiger partial charge >= 0.3 is 6.09 Å². The van der Waals surface area contributed by atoms with E-state index < -0.39 is 11.7 Å². The van der Waals surface area contributed by atoms with Crippen molar-refractivity contribution in [3.05, 3.63) is 70.6 Å². The maximum absolute atomic E-state index is 14.2. The molecule has 1 atom stereocenters. The van der Waals surface area contributed by atoms with Crippen molar-refractivity contribution in [3.8, 4) is 17.0 Å². The molecule has 10 nitrogen and oxygen atoms in total. The van der Waals surface area contributed by atoms with Gasteiger partial charge < -0.3 is 19.4 Å². The third-order valence-electron chi connectivity index (χ3n) is 9.36. The molecule has 0 saturated carbocycles. The van der Waals surface area contributed by atoms with Crippen LogP contribution in [0.3, 0.4) is 0 Å². The molecule has 2 aliphatic heterocycles. The molecule has 11 heteroatoms. The molecule has 2 N–H and O–H groups in total. The first kappa shape index (κ1) is 38.0. The number of rotatable bonds is 11. The molecule has 2 aliphatic rings. The number of nitrogens with one attached hydrogen (secondary N) is 2. The summed E-state index contributed by atoms with van der Waals surface area (Å²) in [6.45, 7) is 12.2. The summed E-state index contributed by atoms with van der Waals surface area (Å²) < 4.78 is 18.3. The number of amides is 3. The molecular formula is C40H53N5O5S. The molecule has 0 bridgehead atoms. The van der Waals surface area contributed by atoms with E-state index in [0.29, 0.717) is 34.9 Å². The zero-order valence-electron chi connectivity index (χ0n) is 31.5. The summed E-state index contributed by atoms with van der Waals surface area (Å²) in [5, 5.41) is 4.11. The third kappa shape index (κ3) is 8.47. The monoisotopic (exact) mass is 715 g/mol. The van der Waals surface area contributed by atoms with Crippen molar-refractivity contribution in [2.45, 2.75) is 104 Å². The molecule has 1 saturated heterocycles. The van der Waals surface area contributed by atoms with Crippen molar-refractivity contribution in [1.29, 1.82) is 0 Å². The van der Waals surface area contributed by atoms with E-state index in [1.807, 2.05) is 76.4 Å². The molecule has 3 heterocycles. The number of hydrogen-bond donors (Lipinski definition) is 2. The Hall–Kier alpha value is -4.22. The average molecular weight is 716 g/mol. The Kier molecular flexibility index (Phi) is 11.9. The number of allylic oxidation sites excluding steroid dienone is 1. The fourth-order valence-electron chi connectivity index (χ4n) is 7.13. The summed E-state index contributed by atoms with van der Waals surface area (Å²) in [5.41, 5.74) is 6.27. The minimum Gasteiger partial charge on any atom is -0.497 e. The Bertz CT molecular complexity index is 1850. The Morgan fingerprint density at radius 1 is 1.06 bits per heavy atom. The van der Waals surface area contributed by atoms with Crippen LogP contribution in [0.4, 0.5) is 4.79 Å². The van der Waals surface area contributed by atoms with Gasteiger partial charge in [-0.1, -0.05) is 32.8 Å². The van der Waals surface area contributed by atoms with Crippen LogP contribution in [-0.4, -0.2) is 64.5 Å². The van der Waals surface area contributed by atoms with Crippen LogP contribution in [0.2, 0.25) is 0 Å². The van der Waals surface area contributed by atoms with E-state index in [4.69, 9.17) is 9.47 Å². The van der Waals surface area contributed by atoms with Gasteiger partial charge in [-0.25, -0.2) is 9.10 Å². The van der Waals surface area contributed by atoms with Gasteiger partial charge in [0.2, 0.25) is 0 Å². The molecule has 1 aromatic heterocycles. The van der Waals surface area contributed by atoms with Crippen LogP contribution >= 0.6 is 12.1 Å². The summed E-state index contributed by atoms with van der Waals surface area (Å²) in [4.78, 5) is 42.3. The molecular weight excluding hydrogens is 663 g/mol.